The van der Waals surface area contributed by atoms with E-state index in [0.29, 0.717) is 18.5 Å². The molecule has 0 bridgehead atoms. The van der Waals surface area contributed by atoms with E-state index < -0.39 is 0 Å². The molecule has 5 heteroatoms. The van der Waals surface area contributed by atoms with Crippen molar-refractivity contribution in [2.75, 3.05) is 39.9 Å². The fourth-order valence-electron chi connectivity index (χ4n) is 2.17. The van der Waals surface area contributed by atoms with E-state index in [4.69, 9.17) is 10.5 Å². The maximum atomic E-state index is 5.82. The Morgan fingerprint density at radius 2 is 2.41 bits per heavy atom. The lowest BCUT2D eigenvalue weighted by Gasteiger charge is -2.14. The average molecular weight is 242 g/mol. The molecule has 1 fully saturated rings. The van der Waals surface area contributed by atoms with Crippen molar-refractivity contribution >= 4 is 5.96 Å². The van der Waals surface area contributed by atoms with Gasteiger partial charge in [-0.2, -0.15) is 0 Å². The minimum Gasteiger partial charge on any atom is -0.383 e. The molecule has 0 aromatic rings. The molecule has 0 aromatic carbocycles. The Morgan fingerprint density at radius 1 is 1.65 bits per heavy atom. The smallest absolute Gasteiger partial charge is 0.188 e. The van der Waals surface area contributed by atoms with Gasteiger partial charge < -0.3 is 20.7 Å². The fourth-order valence-corrected chi connectivity index (χ4v) is 2.17. The monoisotopic (exact) mass is 242 g/mol. The molecule has 0 radical (unpaired) electrons. The SMILES string of the molecule is CCN1CCC(CN=C(N)NC(C)COC)C1. The van der Waals surface area contributed by atoms with Gasteiger partial charge in [0, 0.05) is 26.2 Å². The summed E-state index contributed by atoms with van der Waals surface area (Å²) < 4.78 is 5.03. The second-order valence-corrected chi connectivity index (χ2v) is 4.77. The van der Waals surface area contributed by atoms with Crippen molar-refractivity contribution in [1.82, 2.24) is 10.2 Å². The Morgan fingerprint density at radius 3 is 3.00 bits per heavy atom. The molecule has 1 rings (SSSR count). The Bertz CT molecular complexity index is 245. The van der Waals surface area contributed by atoms with Crippen molar-refractivity contribution in [3.05, 3.63) is 0 Å². The van der Waals surface area contributed by atoms with Crippen LogP contribution in [-0.4, -0.2) is 56.8 Å². The van der Waals surface area contributed by atoms with E-state index in [-0.39, 0.29) is 6.04 Å². The van der Waals surface area contributed by atoms with Crippen molar-refractivity contribution < 1.29 is 4.74 Å². The van der Waals surface area contributed by atoms with Crippen LogP contribution in [0.15, 0.2) is 4.99 Å². The van der Waals surface area contributed by atoms with Gasteiger partial charge in [0.05, 0.1) is 6.61 Å². The number of methoxy groups -OCH3 is 1. The number of aliphatic imine (C=N–C) groups is 1. The third-order valence-electron chi connectivity index (χ3n) is 3.15. The van der Waals surface area contributed by atoms with Crippen molar-refractivity contribution in [1.29, 1.82) is 0 Å². The quantitative estimate of drug-likeness (QED) is 0.518. The van der Waals surface area contributed by atoms with Gasteiger partial charge in [-0.25, -0.2) is 0 Å². The molecule has 0 aliphatic carbocycles. The average Bonchev–Trinajstić information content (AvgIpc) is 2.74. The molecule has 1 saturated heterocycles. The molecule has 5 nitrogen and oxygen atoms in total. The van der Waals surface area contributed by atoms with Gasteiger partial charge in [-0.15, -0.1) is 0 Å². The zero-order chi connectivity index (χ0) is 12.7. The van der Waals surface area contributed by atoms with Gasteiger partial charge in [-0.05, 0) is 32.4 Å². The number of guanidine groups is 1. The highest BCUT2D eigenvalue weighted by Crippen LogP contribution is 2.15. The van der Waals surface area contributed by atoms with Crippen LogP contribution >= 0.6 is 0 Å². The second-order valence-electron chi connectivity index (χ2n) is 4.77. The van der Waals surface area contributed by atoms with E-state index in [1.165, 1.54) is 13.0 Å². The molecular weight excluding hydrogens is 216 g/mol. The van der Waals surface area contributed by atoms with Crippen molar-refractivity contribution in [2.24, 2.45) is 16.6 Å². The molecule has 0 saturated carbocycles. The van der Waals surface area contributed by atoms with Gasteiger partial charge in [0.1, 0.15) is 0 Å². The summed E-state index contributed by atoms with van der Waals surface area (Å²) in [4.78, 5) is 6.85. The van der Waals surface area contributed by atoms with E-state index in [1.54, 1.807) is 7.11 Å². The Kier molecular flexibility index (Phi) is 6.29. The normalized spacial score (nSPS) is 23.9. The molecule has 2 unspecified atom stereocenters. The Balaban J connectivity index is 2.23. The van der Waals surface area contributed by atoms with Crippen LogP contribution in [0.1, 0.15) is 20.3 Å². The first-order valence-electron chi connectivity index (χ1n) is 6.43. The summed E-state index contributed by atoms with van der Waals surface area (Å²) in [7, 11) is 1.68. The highest BCUT2D eigenvalue weighted by molar-refractivity contribution is 5.78. The summed E-state index contributed by atoms with van der Waals surface area (Å²) in [6.07, 6.45) is 1.23. The summed E-state index contributed by atoms with van der Waals surface area (Å²) in [5.74, 6) is 1.19. The van der Waals surface area contributed by atoms with E-state index in [9.17, 15) is 0 Å². The second kappa shape index (κ2) is 7.50. The van der Waals surface area contributed by atoms with Gasteiger partial charge in [0.2, 0.25) is 0 Å². The lowest BCUT2D eigenvalue weighted by atomic mass is 10.1. The number of rotatable bonds is 6. The first kappa shape index (κ1) is 14.3. The van der Waals surface area contributed by atoms with Gasteiger partial charge >= 0.3 is 0 Å². The minimum atomic E-state index is 0.208. The number of hydrogen-bond acceptors (Lipinski definition) is 3. The van der Waals surface area contributed by atoms with E-state index in [2.05, 4.69) is 22.1 Å². The Labute approximate surface area is 104 Å². The van der Waals surface area contributed by atoms with Crippen LogP contribution in [-0.2, 0) is 4.74 Å². The van der Waals surface area contributed by atoms with Gasteiger partial charge in [-0.1, -0.05) is 6.92 Å². The topological polar surface area (TPSA) is 62.9 Å². The number of nitrogens with two attached hydrogens (primary N) is 1. The largest absolute Gasteiger partial charge is 0.383 e. The molecule has 1 heterocycles. The van der Waals surface area contributed by atoms with Crippen LogP contribution in [0.5, 0.6) is 0 Å². The van der Waals surface area contributed by atoms with E-state index in [0.717, 1.165) is 19.6 Å². The lowest BCUT2D eigenvalue weighted by Crippen LogP contribution is -2.41. The molecule has 1 aliphatic rings. The molecular formula is C12H26N4O. The number of hydrogen-bond donors (Lipinski definition) is 2. The Hall–Kier alpha value is -0.810. The lowest BCUT2D eigenvalue weighted by molar-refractivity contribution is 0.179. The number of ether oxygens (including phenoxy) is 1. The van der Waals surface area contributed by atoms with E-state index in [1.807, 2.05) is 6.92 Å². The predicted octanol–water partition coefficient (Wildman–Crippen LogP) is 0.267. The van der Waals surface area contributed by atoms with Gasteiger partial charge in [-0.3, -0.25) is 4.99 Å². The summed E-state index contributed by atoms with van der Waals surface area (Å²) in [5, 5.41) is 3.12. The van der Waals surface area contributed by atoms with Crippen molar-refractivity contribution in [2.45, 2.75) is 26.3 Å². The molecule has 0 spiro atoms. The zero-order valence-electron chi connectivity index (χ0n) is 11.3. The number of nitrogens with zero attached hydrogens (tertiary/aromatic N) is 2. The van der Waals surface area contributed by atoms with Crippen molar-refractivity contribution in [3.63, 3.8) is 0 Å². The summed E-state index contributed by atoms with van der Waals surface area (Å²) in [5.41, 5.74) is 5.82. The van der Waals surface area contributed by atoms with Crippen LogP contribution in [0.25, 0.3) is 0 Å². The van der Waals surface area contributed by atoms with Crippen LogP contribution in [0, 0.1) is 5.92 Å². The summed E-state index contributed by atoms with van der Waals surface area (Å²) >= 11 is 0. The van der Waals surface area contributed by atoms with Crippen LogP contribution in [0.3, 0.4) is 0 Å². The summed E-state index contributed by atoms with van der Waals surface area (Å²) in [6.45, 7) is 9.19. The predicted molar refractivity (Wildman–Crippen MR) is 71.2 cm³/mol. The third kappa shape index (κ3) is 5.37. The third-order valence-corrected chi connectivity index (χ3v) is 3.15. The maximum Gasteiger partial charge on any atom is 0.188 e. The first-order valence-corrected chi connectivity index (χ1v) is 6.43. The highest BCUT2D eigenvalue weighted by Gasteiger charge is 2.20. The van der Waals surface area contributed by atoms with Crippen LogP contribution in [0.4, 0.5) is 0 Å². The summed E-state index contributed by atoms with van der Waals surface area (Å²) in [6, 6.07) is 0.208. The van der Waals surface area contributed by atoms with Crippen molar-refractivity contribution in [3.8, 4) is 0 Å². The molecule has 2 atom stereocenters. The standard InChI is InChI=1S/C12H26N4O/c1-4-16-6-5-11(8-16)7-14-12(13)15-10(2)9-17-3/h10-11H,4-9H2,1-3H3,(H3,13,14,15). The van der Waals surface area contributed by atoms with Crippen LogP contribution < -0.4 is 11.1 Å². The highest BCUT2D eigenvalue weighted by atomic mass is 16.5. The number of nitrogens with one attached hydrogen (secondary N) is 1. The molecule has 1 aliphatic heterocycles. The molecule has 100 valence electrons. The molecule has 3 N–H and O–H groups in total. The first-order chi connectivity index (χ1) is 8.15. The van der Waals surface area contributed by atoms with E-state index >= 15 is 0 Å². The minimum absolute atomic E-state index is 0.208. The molecule has 17 heavy (non-hydrogen) atoms. The number of likely N-dealkylation sites (tertiary alicyclic amines) is 1. The van der Waals surface area contributed by atoms with Crippen LogP contribution in [0.2, 0.25) is 0 Å². The van der Waals surface area contributed by atoms with Gasteiger partial charge in [0.15, 0.2) is 5.96 Å². The zero-order valence-corrected chi connectivity index (χ0v) is 11.3. The maximum absolute atomic E-state index is 5.82. The van der Waals surface area contributed by atoms with Gasteiger partial charge in [0.25, 0.3) is 0 Å². The fraction of sp³-hybridized carbons (Fsp3) is 0.917. The molecule has 0 amide bonds. The molecule has 0 aromatic heterocycles.